The highest BCUT2D eigenvalue weighted by molar-refractivity contribution is 6.05. The van der Waals surface area contributed by atoms with Crippen LogP contribution in [-0.2, 0) is 5.41 Å². The van der Waals surface area contributed by atoms with E-state index in [9.17, 15) is 0 Å². The quantitative estimate of drug-likeness (QED) is 0.167. The Morgan fingerprint density at radius 3 is 1.47 bits per heavy atom. The Balaban J connectivity index is 0.958. The van der Waals surface area contributed by atoms with Crippen molar-refractivity contribution in [3.63, 3.8) is 0 Å². The molecule has 1 aliphatic heterocycles. The van der Waals surface area contributed by atoms with Crippen LogP contribution in [-0.4, -0.2) is 19.1 Å². The topological polar surface area (TPSA) is 44.9 Å². The standard InChI is InChI=1S/C67H42N4O/c1-3-21-50(22-4-1)70-60-30-13-11-28-58(60)68-65(70)48-39-47(40-49(41-48)66-69-59-29-12-14-31-61(59)71(66)51-23-5-2-6-24-51)45-20-17-19-44(38-45)46-34-36-53-57(42-46)67(56-37-35-43-18-7-8-25-52(43)64(53)56)54-26-9-15-32-62(54)72-63-33-16-10-27-55(63)67/h1-42H. The molecule has 13 aromatic rings. The van der Waals surface area contributed by atoms with Gasteiger partial charge >= 0.3 is 0 Å². The molecular weight excluding hydrogens is 877 g/mol. The number of hydrogen-bond acceptors (Lipinski definition) is 3. The van der Waals surface area contributed by atoms with Gasteiger partial charge in [0.2, 0.25) is 0 Å². The molecule has 15 rings (SSSR count). The van der Waals surface area contributed by atoms with Crippen molar-refractivity contribution in [1.29, 1.82) is 0 Å². The normalized spacial score (nSPS) is 12.9. The Kier molecular flexibility index (Phi) is 8.80. The molecule has 72 heavy (non-hydrogen) atoms. The highest BCUT2D eigenvalue weighted by Crippen LogP contribution is 2.63. The van der Waals surface area contributed by atoms with E-state index in [0.717, 1.165) is 101 Å². The van der Waals surface area contributed by atoms with Crippen LogP contribution in [0.1, 0.15) is 22.3 Å². The monoisotopic (exact) mass is 918 g/mol. The van der Waals surface area contributed by atoms with Crippen molar-refractivity contribution in [2.75, 3.05) is 0 Å². The van der Waals surface area contributed by atoms with E-state index in [0.29, 0.717) is 0 Å². The van der Waals surface area contributed by atoms with Gasteiger partial charge in [-0.3, -0.25) is 9.13 Å². The minimum Gasteiger partial charge on any atom is -0.457 e. The second kappa shape index (κ2) is 15.7. The molecule has 2 aliphatic rings. The largest absolute Gasteiger partial charge is 0.457 e. The molecule has 0 radical (unpaired) electrons. The first-order chi connectivity index (χ1) is 35.7. The zero-order chi connectivity index (χ0) is 47.3. The molecule has 0 saturated carbocycles. The highest BCUT2D eigenvalue weighted by Gasteiger charge is 2.51. The smallest absolute Gasteiger partial charge is 0.145 e. The summed E-state index contributed by atoms with van der Waals surface area (Å²) in [5, 5.41) is 2.48. The van der Waals surface area contributed by atoms with Crippen molar-refractivity contribution in [3.05, 3.63) is 277 Å². The Labute approximate surface area is 416 Å². The third-order valence-corrected chi connectivity index (χ3v) is 15.0. The van der Waals surface area contributed by atoms with Gasteiger partial charge in [-0.2, -0.15) is 0 Å². The van der Waals surface area contributed by atoms with E-state index in [1.54, 1.807) is 0 Å². The maximum atomic E-state index is 6.73. The maximum Gasteiger partial charge on any atom is 0.145 e. The van der Waals surface area contributed by atoms with Gasteiger partial charge in [-0.1, -0.05) is 164 Å². The fourth-order valence-electron chi connectivity index (χ4n) is 11.9. The van der Waals surface area contributed by atoms with E-state index in [1.165, 1.54) is 33.0 Å². The van der Waals surface area contributed by atoms with E-state index in [4.69, 9.17) is 14.7 Å². The summed E-state index contributed by atoms with van der Waals surface area (Å²) in [4.78, 5) is 10.8. The second-order valence-corrected chi connectivity index (χ2v) is 18.9. The predicted octanol–water partition coefficient (Wildman–Crippen LogP) is 16.7. The minimum absolute atomic E-state index is 0.606. The van der Waals surface area contributed by atoms with Gasteiger partial charge < -0.3 is 4.74 Å². The number of rotatable bonds is 6. The molecule has 336 valence electrons. The van der Waals surface area contributed by atoms with Crippen LogP contribution in [0.3, 0.4) is 0 Å². The van der Waals surface area contributed by atoms with Crippen LogP contribution in [0.4, 0.5) is 0 Å². The molecule has 0 atom stereocenters. The van der Waals surface area contributed by atoms with Gasteiger partial charge in [0.15, 0.2) is 0 Å². The molecule has 0 saturated heterocycles. The number of imidazole rings is 2. The van der Waals surface area contributed by atoms with Crippen LogP contribution in [0.25, 0.3) is 100 Å². The molecule has 3 heterocycles. The van der Waals surface area contributed by atoms with Crippen LogP contribution in [0, 0.1) is 0 Å². The molecule has 5 nitrogen and oxygen atoms in total. The lowest BCUT2D eigenvalue weighted by molar-refractivity contribution is 0.436. The SMILES string of the molecule is c1ccc(-n2c(-c3cc(-c4cccc(-c5ccc6c(c5)C5(c7ccccc7Oc7ccccc75)c5ccc7ccccc7c5-6)c4)cc(-c4nc5ccccc5n4-c4ccccc4)c3)nc3ccccc32)cc1. The number of fused-ring (bicyclic) bond motifs is 13. The van der Waals surface area contributed by atoms with Crippen LogP contribution < -0.4 is 4.74 Å². The maximum absolute atomic E-state index is 6.73. The summed E-state index contributed by atoms with van der Waals surface area (Å²) in [7, 11) is 0. The minimum atomic E-state index is -0.606. The Morgan fingerprint density at radius 2 is 0.833 bits per heavy atom. The summed E-state index contributed by atoms with van der Waals surface area (Å²) < 4.78 is 11.3. The van der Waals surface area contributed by atoms with Gasteiger partial charge in [0, 0.05) is 33.6 Å². The molecule has 1 spiro atoms. The molecular formula is C67H42N4O. The predicted molar refractivity (Wildman–Crippen MR) is 292 cm³/mol. The van der Waals surface area contributed by atoms with Gasteiger partial charge in [0.1, 0.15) is 23.1 Å². The molecule has 0 bridgehead atoms. The van der Waals surface area contributed by atoms with E-state index in [1.807, 2.05) is 0 Å². The van der Waals surface area contributed by atoms with Gasteiger partial charge in [0.05, 0.1) is 27.5 Å². The van der Waals surface area contributed by atoms with Gasteiger partial charge in [-0.05, 0) is 146 Å². The van der Waals surface area contributed by atoms with E-state index >= 15 is 0 Å². The lowest BCUT2D eigenvalue weighted by atomic mass is 9.66. The lowest BCUT2D eigenvalue weighted by Crippen LogP contribution is -2.32. The number of nitrogens with zero attached hydrogens (tertiary/aromatic N) is 4. The molecule has 5 heteroatoms. The van der Waals surface area contributed by atoms with E-state index in [2.05, 4.69) is 264 Å². The average Bonchev–Trinajstić information content (AvgIpc) is 4.13. The van der Waals surface area contributed by atoms with Crippen LogP contribution >= 0.6 is 0 Å². The molecule has 2 aromatic heterocycles. The van der Waals surface area contributed by atoms with Crippen molar-refractivity contribution in [2.45, 2.75) is 5.41 Å². The van der Waals surface area contributed by atoms with Gasteiger partial charge in [-0.15, -0.1) is 0 Å². The fourth-order valence-corrected chi connectivity index (χ4v) is 11.9. The summed E-state index contributed by atoms with van der Waals surface area (Å²) in [5.41, 5.74) is 19.2. The number of benzene rings is 11. The van der Waals surface area contributed by atoms with E-state index < -0.39 is 5.41 Å². The van der Waals surface area contributed by atoms with Gasteiger partial charge in [0.25, 0.3) is 0 Å². The second-order valence-electron chi connectivity index (χ2n) is 18.9. The summed E-state index contributed by atoms with van der Waals surface area (Å²) in [6.45, 7) is 0. The first-order valence-corrected chi connectivity index (χ1v) is 24.6. The fraction of sp³-hybridized carbons (Fsp3) is 0.0149. The summed E-state index contributed by atoms with van der Waals surface area (Å²) in [6, 6.07) is 91.5. The van der Waals surface area contributed by atoms with Crippen molar-refractivity contribution >= 4 is 32.8 Å². The number of para-hydroxylation sites is 8. The van der Waals surface area contributed by atoms with Crippen LogP contribution in [0.2, 0.25) is 0 Å². The lowest BCUT2D eigenvalue weighted by Gasteiger charge is -2.39. The van der Waals surface area contributed by atoms with E-state index in [-0.39, 0.29) is 0 Å². The number of aromatic nitrogens is 4. The summed E-state index contributed by atoms with van der Waals surface area (Å²) in [6.07, 6.45) is 0. The molecule has 1 aliphatic carbocycles. The van der Waals surface area contributed by atoms with Gasteiger partial charge in [-0.25, -0.2) is 9.97 Å². The summed E-state index contributed by atoms with van der Waals surface area (Å²) >= 11 is 0. The van der Waals surface area contributed by atoms with Crippen molar-refractivity contribution in [1.82, 2.24) is 19.1 Å². The molecule has 11 aromatic carbocycles. The third kappa shape index (κ3) is 5.95. The summed E-state index contributed by atoms with van der Waals surface area (Å²) in [5.74, 6) is 3.48. The molecule has 0 amide bonds. The molecule has 0 N–H and O–H groups in total. The number of ether oxygens (including phenoxy) is 1. The van der Waals surface area contributed by atoms with Crippen LogP contribution in [0.15, 0.2) is 255 Å². The Bertz CT molecular complexity index is 4140. The molecule has 0 fully saturated rings. The van der Waals surface area contributed by atoms with Crippen LogP contribution in [0.5, 0.6) is 11.5 Å². The zero-order valence-electron chi connectivity index (χ0n) is 38.9. The zero-order valence-corrected chi connectivity index (χ0v) is 38.9. The highest BCUT2D eigenvalue weighted by atomic mass is 16.5. The Morgan fingerprint density at radius 1 is 0.333 bits per heavy atom. The van der Waals surface area contributed by atoms with Crippen molar-refractivity contribution in [2.24, 2.45) is 0 Å². The third-order valence-electron chi connectivity index (χ3n) is 15.0. The Hall–Kier alpha value is -9.58. The average molecular weight is 919 g/mol. The van der Waals surface area contributed by atoms with Crippen molar-refractivity contribution < 1.29 is 4.74 Å². The molecule has 0 unspecified atom stereocenters. The first-order valence-electron chi connectivity index (χ1n) is 24.6. The van der Waals surface area contributed by atoms with Crippen molar-refractivity contribution in [3.8, 4) is 79.0 Å². The first kappa shape index (κ1) is 40.3. The number of hydrogen-bond donors (Lipinski definition) is 0.